The highest BCUT2D eigenvalue weighted by atomic mass is 35.5. The monoisotopic (exact) mass is 236 g/mol. The van der Waals surface area contributed by atoms with Crippen molar-refractivity contribution >= 4 is 23.3 Å². The number of alkyl halides is 1. The molecule has 82 valence electrons. The third kappa shape index (κ3) is 1.84. The predicted octanol–water partition coefficient (Wildman–Crippen LogP) is 1.00. The van der Waals surface area contributed by atoms with E-state index in [1.165, 1.54) is 11.1 Å². The minimum atomic E-state index is -0.214. The summed E-state index contributed by atoms with van der Waals surface area (Å²) in [5, 5.41) is 8.71. The van der Waals surface area contributed by atoms with Crippen LogP contribution in [0.15, 0.2) is 6.20 Å². The van der Waals surface area contributed by atoms with E-state index < -0.39 is 0 Å². The van der Waals surface area contributed by atoms with E-state index in [1.54, 1.807) is 6.92 Å². The van der Waals surface area contributed by atoms with E-state index in [2.05, 4.69) is 9.97 Å². The minimum absolute atomic E-state index is 0.102. The largest absolute Gasteiger partial charge is 0.294 e. The molecule has 2 heterocycles. The number of nitrogens with zero attached hydrogens (tertiary/aromatic N) is 4. The first-order valence-electron chi connectivity index (χ1n) is 4.80. The van der Waals surface area contributed by atoms with Gasteiger partial charge in [0.25, 0.3) is 0 Å². The minimum Gasteiger partial charge on any atom is -0.294 e. The van der Waals surface area contributed by atoms with Crippen molar-refractivity contribution in [1.82, 2.24) is 9.97 Å². The third-order valence-corrected chi connectivity index (χ3v) is 2.64. The molecular weight excluding hydrogens is 228 g/mol. The maximum atomic E-state index is 11.6. The van der Waals surface area contributed by atoms with Gasteiger partial charge < -0.3 is 0 Å². The van der Waals surface area contributed by atoms with Crippen LogP contribution < -0.4 is 4.90 Å². The molecule has 16 heavy (non-hydrogen) atoms. The fourth-order valence-electron chi connectivity index (χ4n) is 1.61. The standard InChI is InChI=1S/C10H9ClN4O/c1-6-13-4-7(3-12)10(14-6)15-5-8(11)2-9(15)16/h4,8H,2,5H2,1H3. The predicted molar refractivity (Wildman–Crippen MR) is 58.1 cm³/mol. The van der Waals surface area contributed by atoms with Gasteiger partial charge in [-0.15, -0.1) is 11.6 Å². The quantitative estimate of drug-likeness (QED) is 0.682. The molecule has 1 aromatic heterocycles. The van der Waals surface area contributed by atoms with Crippen LogP contribution >= 0.6 is 11.6 Å². The number of carbonyl (C=O) groups is 1. The maximum Gasteiger partial charge on any atom is 0.229 e. The molecule has 6 heteroatoms. The van der Waals surface area contributed by atoms with Gasteiger partial charge in [0.15, 0.2) is 5.82 Å². The lowest BCUT2D eigenvalue weighted by Gasteiger charge is -2.15. The van der Waals surface area contributed by atoms with Crippen molar-refractivity contribution in [2.45, 2.75) is 18.7 Å². The van der Waals surface area contributed by atoms with Gasteiger partial charge in [-0.3, -0.25) is 9.69 Å². The van der Waals surface area contributed by atoms with Crippen molar-refractivity contribution in [3.63, 3.8) is 0 Å². The highest BCUT2D eigenvalue weighted by molar-refractivity contribution is 6.24. The summed E-state index contributed by atoms with van der Waals surface area (Å²) in [6.45, 7) is 2.11. The summed E-state index contributed by atoms with van der Waals surface area (Å²) in [5.74, 6) is 0.789. The Bertz CT molecular complexity index is 482. The molecule has 1 aromatic rings. The molecule has 0 saturated carbocycles. The fraction of sp³-hybridized carbons (Fsp3) is 0.400. The van der Waals surface area contributed by atoms with Crippen LogP contribution in [0.4, 0.5) is 5.82 Å². The lowest BCUT2D eigenvalue weighted by molar-refractivity contribution is -0.117. The Balaban J connectivity index is 2.44. The first kappa shape index (κ1) is 10.8. The average molecular weight is 237 g/mol. The summed E-state index contributed by atoms with van der Waals surface area (Å²) in [6, 6.07) is 1.97. The molecule has 0 N–H and O–H groups in total. The number of aryl methyl sites for hydroxylation is 1. The Morgan fingerprint density at radius 3 is 3.00 bits per heavy atom. The second-order valence-electron chi connectivity index (χ2n) is 3.57. The van der Waals surface area contributed by atoms with Gasteiger partial charge in [-0.2, -0.15) is 5.26 Å². The van der Waals surface area contributed by atoms with Crippen molar-refractivity contribution in [2.24, 2.45) is 0 Å². The van der Waals surface area contributed by atoms with Crippen LogP contribution in [0.25, 0.3) is 0 Å². The molecule has 0 radical (unpaired) electrons. The van der Waals surface area contributed by atoms with Gasteiger partial charge >= 0.3 is 0 Å². The Kier molecular flexibility index (Phi) is 2.75. The zero-order valence-electron chi connectivity index (χ0n) is 8.64. The molecule has 1 unspecified atom stereocenters. The first-order chi connectivity index (χ1) is 7.61. The number of rotatable bonds is 1. The number of anilines is 1. The summed E-state index contributed by atoms with van der Waals surface area (Å²) in [6.07, 6.45) is 1.71. The molecule has 0 spiro atoms. The fourth-order valence-corrected chi connectivity index (χ4v) is 1.88. The highest BCUT2D eigenvalue weighted by Gasteiger charge is 2.31. The van der Waals surface area contributed by atoms with E-state index in [-0.39, 0.29) is 17.7 Å². The number of nitriles is 1. The van der Waals surface area contributed by atoms with Crippen LogP contribution in [0.5, 0.6) is 0 Å². The van der Waals surface area contributed by atoms with Crippen molar-refractivity contribution in [1.29, 1.82) is 5.26 Å². The number of hydrogen-bond donors (Lipinski definition) is 0. The van der Waals surface area contributed by atoms with Gasteiger partial charge in [0.05, 0.1) is 11.6 Å². The second kappa shape index (κ2) is 4.06. The van der Waals surface area contributed by atoms with Crippen LogP contribution in [0, 0.1) is 18.3 Å². The molecule has 5 nitrogen and oxygen atoms in total. The zero-order valence-corrected chi connectivity index (χ0v) is 9.40. The topological polar surface area (TPSA) is 69.9 Å². The summed E-state index contributed by atoms with van der Waals surface area (Å²) < 4.78 is 0. The number of halogens is 1. The van der Waals surface area contributed by atoms with Crippen molar-refractivity contribution < 1.29 is 4.79 Å². The lowest BCUT2D eigenvalue weighted by atomic mass is 10.3. The molecule has 0 bridgehead atoms. The summed E-state index contributed by atoms with van der Waals surface area (Å²) >= 11 is 5.90. The van der Waals surface area contributed by atoms with Crippen LogP contribution in [0.2, 0.25) is 0 Å². The van der Waals surface area contributed by atoms with Crippen LogP contribution in [0.1, 0.15) is 17.8 Å². The SMILES string of the molecule is Cc1ncc(C#N)c(N2CC(Cl)CC2=O)n1. The van der Waals surface area contributed by atoms with Crippen molar-refractivity contribution in [3.8, 4) is 6.07 Å². The summed E-state index contributed by atoms with van der Waals surface area (Å²) in [7, 11) is 0. The van der Waals surface area contributed by atoms with Crippen molar-refractivity contribution in [3.05, 3.63) is 17.6 Å². The van der Waals surface area contributed by atoms with Crippen molar-refractivity contribution in [2.75, 3.05) is 11.4 Å². The van der Waals surface area contributed by atoms with E-state index in [0.717, 1.165) is 0 Å². The van der Waals surface area contributed by atoms with Gasteiger partial charge in [0.1, 0.15) is 17.5 Å². The normalized spacial score (nSPS) is 19.9. The van der Waals surface area contributed by atoms with Gasteiger partial charge in [-0.05, 0) is 6.92 Å². The molecule has 0 aliphatic carbocycles. The zero-order chi connectivity index (χ0) is 11.7. The number of carbonyl (C=O) groups excluding carboxylic acids is 1. The molecule has 2 rings (SSSR count). The van der Waals surface area contributed by atoms with E-state index in [9.17, 15) is 4.79 Å². The van der Waals surface area contributed by atoms with Gasteiger partial charge in [0, 0.05) is 13.0 Å². The summed E-state index contributed by atoms with van der Waals surface area (Å²) in [4.78, 5) is 21.1. The molecular formula is C10H9ClN4O. The van der Waals surface area contributed by atoms with Gasteiger partial charge in [-0.25, -0.2) is 9.97 Å². The summed E-state index contributed by atoms with van der Waals surface area (Å²) in [5.41, 5.74) is 0.296. The lowest BCUT2D eigenvalue weighted by Crippen LogP contribution is -2.27. The Morgan fingerprint density at radius 1 is 1.69 bits per heavy atom. The van der Waals surface area contributed by atoms with Gasteiger partial charge in [-0.1, -0.05) is 0 Å². The Morgan fingerprint density at radius 2 is 2.44 bits per heavy atom. The van der Waals surface area contributed by atoms with Crippen LogP contribution in [-0.2, 0) is 4.79 Å². The van der Waals surface area contributed by atoms with Crippen LogP contribution in [-0.4, -0.2) is 27.8 Å². The molecule has 1 saturated heterocycles. The van der Waals surface area contributed by atoms with E-state index >= 15 is 0 Å². The van der Waals surface area contributed by atoms with Crippen LogP contribution in [0.3, 0.4) is 0 Å². The van der Waals surface area contributed by atoms with E-state index in [1.807, 2.05) is 6.07 Å². The second-order valence-corrected chi connectivity index (χ2v) is 4.19. The smallest absolute Gasteiger partial charge is 0.229 e. The molecule has 1 aliphatic rings. The molecule has 0 aromatic carbocycles. The number of amides is 1. The number of aromatic nitrogens is 2. The van der Waals surface area contributed by atoms with Gasteiger partial charge in [0.2, 0.25) is 5.91 Å². The van der Waals surface area contributed by atoms with E-state index in [0.29, 0.717) is 23.8 Å². The maximum absolute atomic E-state index is 11.6. The van der Waals surface area contributed by atoms with E-state index in [4.69, 9.17) is 16.9 Å². The molecule has 1 fully saturated rings. The average Bonchev–Trinajstić information content (AvgIpc) is 2.57. The number of hydrogen-bond acceptors (Lipinski definition) is 4. The Hall–Kier alpha value is -1.67. The molecule has 1 atom stereocenters. The Labute approximate surface area is 97.7 Å². The highest BCUT2D eigenvalue weighted by Crippen LogP contribution is 2.24. The third-order valence-electron chi connectivity index (χ3n) is 2.34. The first-order valence-corrected chi connectivity index (χ1v) is 5.23. The molecule has 1 aliphatic heterocycles. The molecule has 1 amide bonds.